The zero-order chi connectivity index (χ0) is 16.9. The SMILES string of the molecule is Cc1ccsc1/C=C/C(=O)OCC(=O)c1ccc2c(c1)OCCO2. The first-order valence-corrected chi connectivity index (χ1v) is 8.33. The molecule has 0 atom stereocenters. The Morgan fingerprint density at radius 2 is 2.00 bits per heavy atom. The molecular formula is C18H16O5S. The van der Waals surface area contributed by atoms with Crippen molar-refractivity contribution in [2.75, 3.05) is 19.8 Å². The van der Waals surface area contributed by atoms with Crippen LogP contribution >= 0.6 is 11.3 Å². The molecule has 0 bridgehead atoms. The highest BCUT2D eigenvalue weighted by molar-refractivity contribution is 7.11. The van der Waals surface area contributed by atoms with Crippen LogP contribution in [-0.4, -0.2) is 31.6 Å². The molecule has 0 unspecified atom stereocenters. The van der Waals surface area contributed by atoms with E-state index in [2.05, 4.69) is 0 Å². The van der Waals surface area contributed by atoms with Gasteiger partial charge in [0.15, 0.2) is 23.9 Å². The number of esters is 1. The van der Waals surface area contributed by atoms with Gasteiger partial charge in [-0.3, -0.25) is 4.79 Å². The lowest BCUT2D eigenvalue weighted by atomic mass is 10.1. The predicted octanol–water partition coefficient (Wildman–Crippen LogP) is 3.27. The maximum Gasteiger partial charge on any atom is 0.331 e. The molecule has 1 aliphatic heterocycles. The van der Waals surface area contributed by atoms with Gasteiger partial charge in [0.25, 0.3) is 0 Å². The van der Waals surface area contributed by atoms with Gasteiger partial charge in [-0.25, -0.2) is 4.79 Å². The van der Waals surface area contributed by atoms with Crippen LogP contribution < -0.4 is 9.47 Å². The van der Waals surface area contributed by atoms with E-state index in [1.807, 2.05) is 18.4 Å². The van der Waals surface area contributed by atoms with Gasteiger partial charge in [-0.1, -0.05) is 0 Å². The monoisotopic (exact) mass is 344 g/mol. The first kappa shape index (κ1) is 16.3. The summed E-state index contributed by atoms with van der Waals surface area (Å²) < 4.78 is 15.8. The highest BCUT2D eigenvalue weighted by Crippen LogP contribution is 2.30. The number of thiophene rings is 1. The fraction of sp³-hybridized carbons (Fsp3) is 0.222. The van der Waals surface area contributed by atoms with Crippen molar-refractivity contribution in [2.24, 2.45) is 0 Å². The van der Waals surface area contributed by atoms with Gasteiger partial charge < -0.3 is 14.2 Å². The molecule has 24 heavy (non-hydrogen) atoms. The van der Waals surface area contributed by atoms with Crippen LogP contribution in [0.3, 0.4) is 0 Å². The first-order valence-electron chi connectivity index (χ1n) is 7.45. The minimum absolute atomic E-state index is 0.291. The number of aryl methyl sites for hydroxylation is 1. The van der Waals surface area contributed by atoms with Crippen LogP contribution in [0.25, 0.3) is 6.08 Å². The molecule has 0 N–H and O–H groups in total. The molecule has 1 aliphatic rings. The fourth-order valence-electron chi connectivity index (χ4n) is 2.18. The Hall–Kier alpha value is -2.60. The van der Waals surface area contributed by atoms with Crippen LogP contribution in [0.15, 0.2) is 35.7 Å². The van der Waals surface area contributed by atoms with Crippen LogP contribution in [0.5, 0.6) is 11.5 Å². The number of hydrogen-bond donors (Lipinski definition) is 0. The number of hydrogen-bond acceptors (Lipinski definition) is 6. The van der Waals surface area contributed by atoms with Gasteiger partial charge in [0.05, 0.1) is 0 Å². The summed E-state index contributed by atoms with van der Waals surface area (Å²) in [5, 5.41) is 1.95. The highest BCUT2D eigenvalue weighted by atomic mass is 32.1. The molecule has 6 heteroatoms. The van der Waals surface area contributed by atoms with Gasteiger partial charge in [-0.15, -0.1) is 11.3 Å². The third-order valence-electron chi connectivity index (χ3n) is 3.48. The van der Waals surface area contributed by atoms with Gasteiger partial charge in [0, 0.05) is 16.5 Å². The van der Waals surface area contributed by atoms with Gasteiger partial charge in [-0.05, 0) is 48.2 Å². The average Bonchev–Trinajstić information content (AvgIpc) is 3.02. The average molecular weight is 344 g/mol. The maximum absolute atomic E-state index is 12.1. The largest absolute Gasteiger partial charge is 0.486 e. The van der Waals surface area contributed by atoms with Crippen LogP contribution in [0.1, 0.15) is 20.8 Å². The third kappa shape index (κ3) is 3.83. The van der Waals surface area contributed by atoms with Crippen molar-refractivity contribution in [1.29, 1.82) is 0 Å². The Morgan fingerprint density at radius 1 is 1.21 bits per heavy atom. The lowest BCUT2D eigenvalue weighted by Gasteiger charge is -2.18. The van der Waals surface area contributed by atoms with Crippen molar-refractivity contribution >= 4 is 29.2 Å². The van der Waals surface area contributed by atoms with E-state index in [9.17, 15) is 9.59 Å². The van der Waals surface area contributed by atoms with E-state index in [4.69, 9.17) is 14.2 Å². The van der Waals surface area contributed by atoms with E-state index >= 15 is 0 Å². The molecular weight excluding hydrogens is 328 g/mol. The van der Waals surface area contributed by atoms with E-state index in [0.717, 1.165) is 10.4 Å². The summed E-state index contributed by atoms with van der Waals surface area (Å²) in [7, 11) is 0. The van der Waals surface area contributed by atoms with Crippen LogP contribution in [-0.2, 0) is 9.53 Å². The normalized spacial score (nSPS) is 13.0. The number of rotatable bonds is 5. The molecule has 3 rings (SSSR count). The maximum atomic E-state index is 12.1. The summed E-state index contributed by atoms with van der Waals surface area (Å²) in [4.78, 5) is 24.8. The quantitative estimate of drug-likeness (QED) is 0.473. The number of fused-ring (bicyclic) bond motifs is 1. The molecule has 2 heterocycles. The van der Waals surface area contributed by atoms with Crippen molar-refractivity contribution in [1.82, 2.24) is 0 Å². The van der Waals surface area contributed by atoms with E-state index in [0.29, 0.717) is 30.3 Å². The molecule has 0 fully saturated rings. The number of carbonyl (C=O) groups is 2. The van der Waals surface area contributed by atoms with Crippen molar-refractivity contribution in [3.05, 3.63) is 51.7 Å². The van der Waals surface area contributed by atoms with Gasteiger partial charge in [0.2, 0.25) is 0 Å². The Balaban J connectivity index is 1.56. The summed E-state index contributed by atoms with van der Waals surface area (Å²) in [6.07, 6.45) is 3.02. The molecule has 0 saturated heterocycles. The Kier molecular flexibility index (Phi) is 4.96. The Bertz CT molecular complexity index is 790. The molecule has 1 aromatic carbocycles. The fourth-order valence-corrected chi connectivity index (χ4v) is 3.00. The predicted molar refractivity (Wildman–Crippen MR) is 90.8 cm³/mol. The summed E-state index contributed by atoms with van der Waals surface area (Å²) in [6.45, 7) is 2.60. The summed E-state index contributed by atoms with van der Waals surface area (Å²) >= 11 is 1.54. The second-order valence-electron chi connectivity index (χ2n) is 5.19. The molecule has 0 spiro atoms. The molecule has 5 nitrogen and oxygen atoms in total. The number of carbonyl (C=O) groups excluding carboxylic acids is 2. The zero-order valence-corrected chi connectivity index (χ0v) is 13.9. The molecule has 0 radical (unpaired) electrons. The molecule has 2 aromatic rings. The van der Waals surface area contributed by atoms with Crippen molar-refractivity contribution in [3.8, 4) is 11.5 Å². The van der Waals surface area contributed by atoms with E-state index in [1.54, 1.807) is 24.3 Å². The Labute approximate surface area is 143 Å². The minimum Gasteiger partial charge on any atom is -0.486 e. The number of benzene rings is 1. The summed E-state index contributed by atoms with van der Waals surface area (Å²) in [6, 6.07) is 6.90. The molecule has 0 amide bonds. The van der Waals surface area contributed by atoms with E-state index in [1.165, 1.54) is 17.4 Å². The molecule has 1 aromatic heterocycles. The second kappa shape index (κ2) is 7.31. The van der Waals surface area contributed by atoms with Gasteiger partial charge >= 0.3 is 5.97 Å². The van der Waals surface area contributed by atoms with Crippen LogP contribution in [0, 0.1) is 6.92 Å². The standard InChI is InChI=1S/C18H16O5S/c1-12-6-9-24-17(12)4-5-18(20)23-11-14(19)13-2-3-15-16(10-13)22-8-7-21-15/h2-6,9-10H,7-8,11H2,1H3/b5-4+. The zero-order valence-electron chi connectivity index (χ0n) is 13.1. The second-order valence-corrected chi connectivity index (χ2v) is 6.14. The van der Waals surface area contributed by atoms with Crippen molar-refractivity contribution in [2.45, 2.75) is 6.92 Å². The Morgan fingerprint density at radius 3 is 2.75 bits per heavy atom. The topological polar surface area (TPSA) is 61.8 Å². The van der Waals surface area contributed by atoms with E-state index < -0.39 is 5.97 Å². The van der Waals surface area contributed by atoms with E-state index in [-0.39, 0.29) is 12.4 Å². The van der Waals surface area contributed by atoms with Crippen molar-refractivity contribution < 1.29 is 23.8 Å². The smallest absolute Gasteiger partial charge is 0.331 e. The summed E-state index contributed by atoms with van der Waals surface area (Å²) in [5.74, 6) is 0.310. The molecule has 0 aliphatic carbocycles. The number of ether oxygens (including phenoxy) is 3. The number of ketones is 1. The van der Waals surface area contributed by atoms with Crippen LogP contribution in [0.4, 0.5) is 0 Å². The van der Waals surface area contributed by atoms with Gasteiger partial charge in [0.1, 0.15) is 13.2 Å². The van der Waals surface area contributed by atoms with Crippen molar-refractivity contribution in [3.63, 3.8) is 0 Å². The van der Waals surface area contributed by atoms with Crippen LogP contribution in [0.2, 0.25) is 0 Å². The summed E-state index contributed by atoms with van der Waals surface area (Å²) in [5.41, 5.74) is 1.52. The number of Topliss-reactive ketones (excluding diaryl/α,β-unsaturated/α-hetero) is 1. The lowest BCUT2D eigenvalue weighted by molar-refractivity contribution is -0.136. The molecule has 124 valence electrons. The first-order chi connectivity index (χ1) is 11.6. The highest BCUT2D eigenvalue weighted by Gasteiger charge is 2.15. The third-order valence-corrected chi connectivity index (χ3v) is 4.47. The molecule has 0 saturated carbocycles. The van der Waals surface area contributed by atoms with Gasteiger partial charge in [-0.2, -0.15) is 0 Å². The minimum atomic E-state index is -0.548. The lowest BCUT2D eigenvalue weighted by Crippen LogP contribution is -2.17.